The Hall–Kier alpha value is -2.17. The van der Waals surface area contributed by atoms with Gasteiger partial charge in [0, 0.05) is 25.7 Å². The number of hydrogen-bond acceptors (Lipinski definition) is 5. The summed E-state index contributed by atoms with van der Waals surface area (Å²) < 4.78 is 5.67. The summed E-state index contributed by atoms with van der Waals surface area (Å²) in [7, 11) is 1.81. The summed E-state index contributed by atoms with van der Waals surface area (Å²) in [6, 6.07) is 1.88. The Morgan fingerprint density at radius 2 is 2.30 bits per heavy atom. The number of hydrazone groups is 1. The molecule has 0 aliphatic rings. The fraction of sp³-hybridized carbons (Fsp3) is 0.400. The van der Waals surface area contributed by atoms with E-state index in [1.165, 1.54) is 0 Å². The van der Waals surface area contributed by atoms with Crippen molar-refractivity contribution in [3.63, 3.8) is 0 Å². The highest BCUT2D eigenvalue weighted by atomic mass is 16.5. The van der Waals surface area contributed by atoms with Crippen LogP contribution in [0.2, 0.25) is 0 Å². The number of pyridine rings is 1. The van der Waals surface area contributed by atoms with Gasteiger partial charge in [-0.05, 0) is 32.4 Å². The number of carbonyl (C=O) groups excluding carboxylic acids is 1. The minimum atomic E-state index is -0.0129. The van der Waals surface area contributed by atoms with Crippen LogP contribution in [0.15, 0.2) is 29.5 Å². The standard InChI is InChI=1S/C15H21N3O2/c1-5-7-13(3)20-15-10-12(2)14(11-16-15)18(4)17-8-6-9-19/h5,7-11,13H,6H2,1-4H3/b7-5-,17-8-. The number of anilines is 1. The van der Waals surface area contributed by atoms with Crippen LogP contribution in [-0.2, 0) is 4.79 Å². The third-order valence-electron chi connectivity index (χ3n) is 2.63. The van der Waals surface area contributed by atoms with Crippen molar-refractivity contribution in [3.05, 3.63) is 30.0 Å². The van der Waals surface area contributed by atoms with Crippen LogP contribution in [-0.4, -0.2) is 30.6 Å². The molecule has 0 spiro atoms. The molecule has 1 heterocycles. The van der Waals surface area contributed by atoms with Crippen LogP contribution >= 0.6 is 0 Å². The lowest BCUT2D eigenvalue weighted by atomic mass is 10.2. The monoisotopic (exact) mass is 275 g/mol. The second kappa shape index (κ2) is 8.09. The molecule has 0 saturated carbocycles. The molecule has 1 aromatic rings. The number of carbonyl (C=O) groups is 1. The van der Waals surface area contributed by atoms with Crippen LogP contribution in [0.5, 0.6) is 5.88 Å². The second-order valence-electron chi connectivity index (χ2n) is 4.38. The van der Waals surface area contributed by atoms with Crippen molar-refractivity contribution in [2.45, 2.75) is 33.3 Å². The van der Waals surface area contributed by atoms with Gasteiger partial charge in [-0.1, -0.05) is 6.08 Å². The van der Waals surface area contributed by atoms with Gasteiger partial charge in [0.15, 0.2) is 0 Å². The Balaban J connectivity index is 2.79. The maximum Gasteiger partial charge on any atom is 0.214 e. The van der Waals surface area contributed by atoms with Gasteiger partial charge in [-0.3, -0.25) is 5.01 Å². The molecule has 5 heteroatoms. The molecule has 0 aromatic carbocycles. The maximum atomic E-state index is 10.2. The highest BCUT2D eigenvalue weighted by Gasteiger charge is 2.07. The maximum absolute atomic E-state index is 10.2. The smallest absolute Gasteiger partial charge is 0.214 e. The number of rotatable bonds is 7. The van der Waals surface area contributed by atoms with Crippen LogP contribution in [0.1, 0.15) is 25.8 Å². The van der Waals surface area contributed by atoms with E-state index in [9.17, 15) is 4.79 Å². The van der Waals surface area contributed by atoms with Gasteiger partial charge < -0.3 is 9.53 Å². The predicted molar refractivity (Wildman–Crippen MR) is 81.5 cm³/mol. The van der Waals surface area contributed by atoms with E-state index in [1.807, 2.05) is 46.0 Å². The number of ether oxygens (including phenoxy) is 1. The first-order valence-corrected chi connectivity index (χ1v) is 6.54. The van der Waals surface area contributed by atoms with E-state index in [0.717, 1.165) is 17.5 Å². The highest BCUT2D eigenvalue weighted by molar-refractivity contribution is 5.76. The van der Waals surface area contributed by atoms with E-state index < -0.39 is 0 Å². The summed E-state index contributed by atoms with van der Waals surface area (Å²) >= 11 is 0. The molecule has 20 heavy (non-hydrogen) atoms. The number of aldehydes is 1. The van der Waals surface area contributed by atoms with Crippen LogP contribution in [0.3, 0.4) is 0 Å². The van der Waals surface area contributed by atoms with Crippen LogP contribution in [0.25, 0.3) is 0 Å². The van der Waals surface area contributed by atoms with E-state index in [-0.39, 0.29) is 6.10 Å². The number of hydrogen-bond donors (Lipinski definition) is 0. The Morgan fingerprint density at radius 3 is 2.90 bits per heavy atom. The topological polar surface area (TPSA) is 54.8 Å². The van der Waals surface area contributed by atoms with Gasteiger partial charge in [-0.25, -0.2) is 4.98 Å². The third kappa shape index (κ3) is 4.84. The Bertz CT molecular complexity index is 498. The first-order valence-electron chi connectivity index (χ1n) is 6.54. The van der Waals surface area contributed by atoms with E-state index in [1.54, 1.807) is 17.4 Å². The van der Waals surface area contributed by atoms with Gasteiger partial charge in [0.2, 0.25) is 5.88 Å². The quantitative estimate of drug-likeness (QED) is 0.332. The molecule has 0 aliphatic carbocycles. The molecule has 0 radical (unpaired) electrons. The van der Waals surface area contributed by atoms with Crippen LogP contribution < -0.4 is 9.75 Å². The summed E-state index contributed by atoms with van der Waals surface area (Å²) in [5.41, 5.74) is 1.88. The zero-order valence-corrected chi connectivity index (χ0v) is 12.4. The molecule has 0 amide bonds. The van der Waals surface area contributed by atoms with Crippen molar-refractivity contribution in [1.82, 2.24) is 4.98 Å². The Morgan fingerprint density at radius 1 is 1.55 bits per heavy atom. The molecule has 108 valence electrons. The van der Waals surface area contributed by atoms with Gasteiger partial charge in [0.25, 0.3) is 0 Å². The second-order valence-corrected chi connectivity index (χ2v) is 4.38. The SMILES string of the molecule is C/C=C\C(C)Oc1cc(C)c(N(C)/N=C\CC=O)cn1. The van der Waals surface area contributed by atoms with Crippen LogP contribution in [0, 0.1) is 6.92 Å². The van der Waals surface area contributed by atoms with E-state index in [2.05, 4.69) is 10.1 Å². The van der Waals surface area contributed by atoms with Gasteiger partial charge in [-0.15, -0.1) is 0 Å². The first-order chi connectivity index (χ1) is 9.58. The normalized spacial score (nSPS) is 12.8. The summed E-state index contributed by atoms with van der Waals surface area (Å²) in [6.07, 6.45) is 8.28. The molecule has 0 aliphatic heterocycles. The molecule has 0 bridgehead atoms. The molecule has 1 aromatic heterocycles. The number of nitrogens with zero attached hydrogens (tertiary/aromatic N) is 3. The lowest BCUT2D eigenvalue weighted by Gasteiger charge is -2.16. The molecule has 1 unspecified atom stereocenters. The molecular weight excluding hydrogens is 254 g/mol. The molecule has 5 nitrogen and oxygen atoms in total. The highest BCUT2D eigenvalue weighted by Crippen LogP contribution is 2.22. The van der Waals surface area contributed by atoms with Crippen molar-refractivity contribution in [1.29, 1.82) is 0 Å². The van der Waals surface area contributed by atoms with E-state index in [4.69, 9.17) is 4.74 Å². The molecule has 1 rings (SSSR count). The lowest BCUT2D eigenvalue weighted by molar-refractivity contribution is -0.106. The van der Waals surface area contributed by atoms with Crippen molar-refractivity contribution in [2.24, 2.45) is 5.10 Å². The lowest BCUT2D eigenvalue weighted by Crippen LogP contribution is -2.13. The van der Waals surface area contributed by atoms with Crippen molar-refractivity contribution < 1.29 is 9.53 Å². The summed E-state index contributed by atoms with van der Waals surface area (Å²) in [4.78, 5) is 14.5. The Labute approximate surface area is 120 Å². The molecule has 0 N–H and O–H groups in total. The van der Waals surface area contributed by atoms with Gasteiger partial charge in [0.05, 0.1) is 11.9 Å². The molecule has 0 saturated heterocycles. The fourth-order valence-corrected chi connectivity index (χ4v) is 1.70. The van der Waals surface area contributed by atoms with E-state index in [0.29, 0.717) is 12.3 Å². The minimum absolute atomic E-state index is 0.0129. The van der Waals surface area contributed by atoms with Crippen molar-refractivity contribution >= 4 is 18.2 Å². The number of aromatic nitrogens is 1. The van der Waals surface area contributed by atoms with Gasteiger partial charge >= 0.3 is 0 Å². The molecule has 1 atom stereocenters. The average Bonchev–Trinajstić information content (AvgIpc) is 2.39. The zero-order chi connectivity index (χ0) is 15.0. The Kier molecular flexibility index (Phi) is 6.43. The minimum Gasteiger partial charge on any atom is -0.470 e. The number of aryl methyl sites for hydroxylation is 1. The first kappa shape index (κ1) is 15.9. The zero-order valence-electron chi connectivity index (χ0n) is 12.4. The fourth-order valence-electron chi connectivity index (χ4n) is 1.70. The van der Waals surface area contributed by atoms with Gasteiger partial charge in [-0.2, -0.15) is 5.10 Å². The van der Waals surface area contributed by atoms with Crippen molar-refractivity contribution in [3.8, 4) is 5.88 Å². The van der Waals surface area contributed by atoms with Crippen molar-refractivity contribution in [2.75, 3.05) is 12.1 Å². The summed E-state index contributed by atoms with van der Waals surface area (Å²) in [6.45, 7) is 5.88. The molecular formula is C15H21N3O2. The third-order valence-corrected chi connectivity index (χ3v) is 2.63. The van der Waals surface area contributed by atoms with E-state index >= 15 is 0 Å². The molecule has 0 fully saturated rings. The van der Waals surface area contributed by atoms with Crippen LogP contribution in [0.4, 0.5) is 5.69 Å². The summed E-state index contributed by atoms with van der Waals surface area (Å²) in [5, 5.41) is 5.84. The predicted octanol–water partition coefficient (Wildman–Crippen LogP) is 2.74. The number of allylic oxidation sites excluding steroid dienone is 1. The summed E-state index contributed by atoms with van der Waals surface area (Å²) in [5.74, 6) is 0.585. The average molecular weight is 275 g/mol. The largest absolute Gasteiger partial charge is 0.470 e. The van der Waals surface area contributed by atoms with Gasteiger partial charge in [0.1, 0.15) is 12.4 Å².